The summed E-state index contributed by atoms with van der Waals surface area (Å²) in [7, 11) is 0. The van der Waals surface area contributed by atoms with E-state index in [0.29, 0.717) is 63.2 Å². The molecule has 2 saturated heterocycles. The minimum Gasteiger partial charge on any atom is -0.473 e. The van der Waals surface area contributed by atoms with Crippen molar-refractivity contribution >= 4 is 35.7 Å². The second kappa shape index (κ2) is 19.0. The fourth-order valence-corrected chi connectivity index (χ4v) is 9.01. The first kappa shape index (κ1) is 48.7. The van der Waals surface area contributed by atoms with E-state index >= 15 is 0 Å². The second-order valence-corrected chi connectivity index (χ2v) is 16.7. The van der Waals surface area contributed by atoms with Crippen LogP contribution in [0, 0.1) is 22.5 Å². The lowest BCUT2D eigenvalue weighted by Gasteiger charge is -2.41. The van der Waals surface area contributed by atoms with Gasteiger partial charge in [0.15, 0.2) is 11.6 Å². The number of aliphatic carboxylic acids is 2. The van der Waals surface area contributed by atoms with E-state index < -0.39 is 57.8 Å². The topological polar surface area (TPSA) is 194 Å². The standard InChI is InChI=1S/2C23H18F4N4O.C2H2O4/c2*24-17-1-3-18(4-2-17)31-20-10-15-5-7-28-13-22(15,11-14(20)12-30-31)21(32)19-9-16(6-8-29-19)23(25,26)27;3-1(4)2(5)6/h2*1-4,6,8-10,12,28H,5,7,11,13H2;(H,3,4)(H,5,6)/t2*22-;/m00./s1. The molecule has 70 heavy (non-hydrogen) atoms. The molecule has 0 bridgehead atoms. The number of Topliss-reactive ketones (excluding diaryl/α,β-unsaturated/α-hetero) is 2. The number of carbonyl (C=O) groups is 4. The first-order valence-corrected chi connectivity index (χ1v) is 21.3. The van der Waals surface area contributed by atoms with Crippen LogP contribution in [0.1, 0.15) is 67.5 Å². The summed E-state index contributed by atoms with van der Waals surface area (Å²) < 4.78 is 109. The number of piperidine rings is 2. The fraction of sp³-hybridized carbons (Fsp3) is 0.250. The second-order valence-electron chi connectivity index (χ2n) is 16.7. The molecule has 2 aliphatic heterocycles. The minimum absolute atomic E-state index is 0.205. The van der Waals surface area contributed by atoms with Gasteiger partial charge in [-0.3, -0.25) is 19.6 Å². The molecule has 4 aliphatic rings. The molecule has 22 heteroatoms. The largest absolute Gasteiger partial charge is 0.473 e. The van der Waals surface area contributed by atoms with E-state index in [2.05, 4.69) is 30.8 Å². The van der Waals surface area contributed by atoms with Crippen LogP contribution in [0.5, 0.6) is 0 Å². The molecule has 362 valence electrons. The number of rotatable bonds is 6. The van der Waals surface area contributed by atoms with E-state index in [4.69, 9.17) is 19.8 Å². The van der Waals surface area contributed by atoms with Crippen LogP contribution in [0.3, 0.4) is 0 Å². The third-order valence-electron chi connectivity index (χ3n) is 12.4. The highest BCUT2D eigenvalue weighted by Gasteiger charge is 2.49. The molecule has 0 amide bonds. The number of carboxylic acid groups (broad SMARTS) is 2. The Hall–Kier alpha value is -7.72. The van der Waals surface area contributed by atoms with E-state index in [0.717, 1.165) is 70.3 Å². The molecule has 0 unspecified atom stereocenters. The van der Waals surface area contributed by atoms with E-state index in [1.807, 2.05) is 12.2 Å². The molecule has 2 atom stereocenters. The van der Waals surface area contributed by atoms with Crippen molar-refractivity contribution in [2.75, 3.05) is 26.2 Å². The number of ketones is 2. The van der Waals surface area contributed by atoms with Crippen molar-refractivity contribution in [2.45, 2.75) is 38.0 Å². The molecule has 2 fully saturated rings. The van der Waals surface area contributed by atoms with Crippen molar-refractivity contribution in [3.8, 4) is 11.4 Å². The van der Waals surface area contributed by atoms with Crippen molar-refractivity contribution in [3.63, 3.8) is 0 Å². The number of aromatic nitrogens is 6. The Morgan fingerprint density at radius 1 is 0.571 bits per heavy atom. The van der Waals surface area contributed by atoms with Gasteiger partial charge in [0.05, 0.1) is 57.1 Å². The number of benzene rings is 2. The number of hydrogen-bond acceptors (Lipinski definition) is 10. The van der Waals surface area contributed by atoms with Gasteiger partial charge in [-0.2, -0.15) is 36.5 Å². The Kier molecular flexibility index (Phi) is 13.2. The zero-order valence-electron chi connectivity index (χ0n) is 36.3. The summed E-state index contributed by atoms with van der Waals surface area (Å²) in [5, 5.41) is 30.1. The highest BCUT2D eigenvalue weighted by atomic mass is 19.4. The van der Waals surface area contributed by atoms with Crippen molar-refractivity contribution in [1.29, 1.82) is 0 Å². The summed E-state index contributed by atoms with van der Waals surface area (Å²) in [4.78, 5) is 53.3. The maximum atomic E-state index is 13.6. The number of nitrogens with one attached hydrogen (secondary N) is 2. The molecule has 6 heterocycles. The highest BCUT2D eigenvalue weighted by molar-refractivity contribution is 6.27. The molecule has 10 rings (SSSR count). The first-order valence-electron chi connectivity index (χ1n) is 21.3. The summed E-state index contributed by atoms with van der Waals surface area (Å²) in [6.07, 6.45) is 1.72. The zero-order valence-corrected chi connectivity index (χ0v) is 36.3. The van der Waals surface area contributed by atoms with Gasteiger partial charge in [0, 0.05) is 25.5 Å². The van der Waals surface area contributed by atoms with Gasteiger partial charge in [0.25, 0.3) is 0 Å². The van der Waals surface area contributed by atoms with Gasteiger partial charge < -0.3 is 20.8 Å². The summed E-state index contributed by atoms with van der Waals surface area (Å²) in [5.74, 6) is -5.25. The number of carbonyl (C=O) groups excluding carboxylic acids is 2. The highest BCUT2D eigenvalue weighted by Crippen LogP contribution is 2.46. The van der Waals surface area contributed by atoms with Crippen molar-refractivity contribution < 1.29 is 64.5 Å². The lowest BCUT2D eigenvalue weighted by atomic mass is 9.65. The summed E-state index contributed by atoms with van der Waals surface area (Å²) in [6.45, 7) is 1.90. The summed E-state index contributed by atoms with van der Waals surface area (Å²) in [5.41, 5.74) is 1.91. The lowest BCUT2D eigenvalue weighted by Crippen LogP contribution is -2.50. The molecular formula is C48H38F8N8O6. The summed E-state index contributed by atoms with van der Waals surface area (Å²) >= 11 is 0. The molecule has 4 aromatic heterocycles. The molecule has 0 radical (unpaired) electrons. The number of halogens is 8. The number of fused-ring (bicyclic) bond motifs is 4. The number of hydrogen-bond donors (Lipinski definition) is 4. The van der Waals surface area contributed by atoms with Gasteiger partial charge in [0.2, 0.25) is 0 Å². The fourth-order valence-electron chi connectivity index (χ4n) is 9.01. The maximum absolute atomic E-state index is 13.6. The minimum atomic E-state index is -4.56. The van der Waals surface area contributed by atoms with Gasteiger partial charge in [-0.05, 0) is 135 Å². The van der Waals surface area contributed by atoms with Gasteiger partial charge >= 0.3 is 24.3 Å². The predicted octanol–water partition coefficient (Wildman–Crippen LogP) is 7.61. The van der Waals surface area contributed by atoms with E-state index in [-0.39, 0.29) is 23.0 Å². The molecule has 2 aromatic carbocycles. The zero-order chi connectivity index (χ0) is 50.2. The van der Waals surface area contributed by atoms with Gasteiger partial charge in [-0.1, -0.05) is 11.1 Å². The van der Waals surface area contributed by atoms with Crippen LogP contribution in [-0.4, -0.2) is 89.4 Å². The van der Waals surface area contributed by atoms with Gasteiger partial charge in [0.1, 0.15) is 23.0 Å². The molecule has 6 aromatic rings. The Morgan fingerprint density at radius 3 is 1.29 bits per heavy atom. The third kappa shape index (κ3) is 9.63. The number of pyridine rings is 2. The van der Waals surface area contributed by atoms with Gasteiger partial charge in [-0.25, -0.2) is 27.7 Å². The Labute approximate surface area is 391 Å². The Bertz CT molecular complexity index is 2870. The Morgan fingerprint density at radius 2 is 0.943 bits per heavy atom. The molecular weight excluding hydrogens is 937 g/mol. The van der Waals surface area contributed by atoms with Crippen molar-refractivity contribution in [2.24, 2.45) is 10.8 Å². The molecule has 0 saturated carbocycles. The van der Waals surface area contributed by atoms with Crippen LogP contribution >= 0.6 is 0 Å². The number of alkyl halides is 6. The Balaban J connectivity index is 0.000000169. The first-order chi connectivity index (χ1) is 33.2. The van der Waals surface area contributed by atoms with Crippen LogP contribution in [0.2, 0.25) is 0 Å². The molecule has 4 N–H and O–H groups in total. The van der Waals surface area contributed by atoms with Crippen LogP contribution < -0.4 is 10.6 Å². The van der Waals surface area contributed by atoms with E-state index in [1.165, 1.54) is 24.3 Å². The van der Waals surface area contributed by atoms with Gasteiger partial charge in [-0.15, -0.1) is 0 Å². The monoisotopic (exact) mass is 974 g/mol. The SMILES string of the molecule is O=C(O)C(=O)O.O=C(c1cc(C(F)(F)F)ccn1)[C@@]12CNCCC1=Cc1c(cnn1-c1ccc(F)cc1)C2.O=C(c1cc(C(F)(F)F)ccn1)[C@@]12CNCCC1=Cc1c(cnn1-c1ccc(F)cc1)C2. The lowest BCUT2D eigenvalue weighted by molar-refractivity contribution is -0.159. The molecule has 14 nitrogen and oxygen atoms in total. The normalized spacial score (nSPS) is 19.2. The molecule has 0 spiro atoms. The predicted molar refractivity (Wildman–Crippen MR) is 233 cm³/mol. The average molecular weight is 975 g/mol. The van der Waals surface area contributed by atoms with Crippen molar-refractivity contribution in [3.05, 3.63) is 165 Å². The summed E-state index contributed by atoms with van der Waals surface area (Å²) in [6, 6.07) is 15.2. The van der Waals surface area contributed by atoms with E-state index in [9.17, 15) is 44.7 Å². The quantitative estimate of drug-likeness (QED) is 0.0726. The smallest absolute Gasteiger partial charge is 0.416 e. The third-order valence-corrected chi connectivity index (χ3v) is 12.4. The average Bonchev–Trinajstić information content (AvgIpc) is 3.95. The molecule has 2 aliphatic carbocycles. The van der Waals surface area contributed by atoms with Crippen molar-refractivity contribution in [1.82, 2.24) is 40.2 Å². The van der Waals surface area contributed by atoms with E-state index in [1.54, 1.807) is 46.0 Å². The maximum Gasteiger partial charge on any atom is 0.416 e. The van der Waals surface area contributed by atoms with Crippen LogP contribution in [0.4, 0.5) is 35.1 Å². The number of carboxylic acids is 2. The van der Waals surface area contributed by atoms with Crippen LogP contribution in [-0.2, 0) is 34.8 Å². The van der Waals surface area contributed by atoms with Crippen LogP contribution in [0.15, 0.2) is 109 Å². The van der Waals surface area contributed by atoms with Crippen LogP contribution in [0.25, 0.3) is 23.5 Å². The number of nitrogens with zero attached hydrogens (tertiary/aromatic N) is 6.